The lowest BCUT2D eigenvalue weighted by atomic mass is 10.1. The number of benzene rings is 3. The van der Waals surface area contributed by atoms with Gasteiger partial charge < -0.3 is 0 Å². The summed E-state index contributed by atoms with van der Waals surface area (Å²) >= 11 is 12.3. The molecule has 0 aliphatic rings. The highest BCUT2D eigenvalue weighted by Crippen LogP contribution is 2.45. The smallest absolute Gasteiger partial charge is 0.247 e. The number of hydrogen-bond acceptors (Lipinski definition) is 1. The van der Waals surface area contributed by atoms with Gasteiger partial charge in [-0.2, -0.15) is 0 Å². The molecule has 3 aromatic carbocycles. The normalized spacial score (nSPS) is 12.2. The molecule has 0 saturated heterocycles. The van der Waals surface area contributed by atoms with Crippen LogP contribution in [-0.2, 0) is 4.57 Å². The van der Waals surface area contributed by atoms with Crippen LogP contribution in [0.2, 0.25) is 10.0 Å². The molecular weight excluding hydrogens is 372 g/mol. The van der Waals surface area contributed by atoms with Crippen LogP contribution in [0.3, 0.4) is 0 Å². The second kappa shape index (κ2) is 7.58. The molecule has 0 radical (unpaired) electrons. The first kappa shape index (κ1) is 17.9. The summed E-state index contributed by atoms with van der Waals surface area (Å²) in [6.07, 6.45) is 0. The zero-order chi connectivity index (χ0) is 17.9. The third-order valence-electron chi connectivity index (χ3n) is 3.82. The minimum Gasteiger partial charge on any atom is -0.288 e. The van der Waals surface area contributed by atoms with Gasteiger partial charge >= 0.3 is 0 Å². The maximum atomic E-state index is 13.9. The molecular formula is C20H16Cl2NOP. The minimum absolute atomic E-state index is 0.487. The molecule has 0 fully saturated rings. The van der Waals surface area contributed by atoms with Crippen LogP contribution in [0.1, 0.15) is 12.5 Å². The third kappa shape index (κ3) is 3.88. The Morgan fingerprint density at radius 1 is 0.840 bits per heavy atom. The molecule has 126 valence electrons. The molecule has 25 heavy (non-hydrogen) atoms. The van der Waals surface area contributed by atoms with Gasteiger partial charge in [0.05, 0.1) is 5.02 Å². The van der Waals surface area contributed by atoms with Crippen molar-refractivity contribution in [1.82, 2.24) is 0 Å². The van der Waals surface area contributed by atoms with Gasteiger partial charge in [-0.3, -0.25) is 4.57 Å². The van der Waals surface area contributed by atoms with Crippen molar-refractivity contribution in [2.24, 2.45) is 4.76 Å². The van der Waals surface area contributed by atoms with Gasteiger partial charge in [0.1, 0.15) is 0 Å². The molecule has 0 atom stereocenters. The van der Waals surface area contributed by atoms with Gasteiger partial charge in [0.2, 0.25) is 7.29 Å². The second-order valence-electron chi connectivity index (χ2n) is 5.56. The molecule has 0 N–H and O–H groups in total. The summed E-state index contributed by atoms with van der Waals surface area (Å²) in [5.41, 5.74) is 1.33. The van der Waals surface area contributed by atoms with E-state index in [2.05, 4.69) is 4.76 Å². The Labute approximate surface area is 157 Å². The molecule has 0 unspecified atom stereocenters. The molecule has 0 spiro atoms. The lowest BCUT2D eigenvalue weighted by molar-refractivity contribution is 0.588. The summed E-state index contributed by atoms with van der Waals surface area (Å²) in [7, 11) is -3.18. The Hall–Kier alpha value is -1.86. The standard InChI is InChI=1S/C20H16Cl2NOP/c1-15(19-13-12-16(21)14-20(19)22)23-25(24,17-8-4-2-5-9-17)18-10-6-3-7-11-18/h2-14H,1H3/b23-15+. The highest BCUT2D eigenvalue weighted by molar-refractivity contribution is 7.77. The van der Waals surface area contributed by atoms with Crippen LogP contribution in [-0.4, -0.2) is 5.71 Å². The van der Waals surface area contributed by atoms with Crippen molar-refractivity contribution in [3.05, 3.63) is 94.5 Å². The van der Waals surface area contributed by atoms with Crippen molar-refractivity contribution in [3.8, 4) is 0 Å². The van der Waals surface area contributed by atoms with E-state index in [0.717, 1.165) is 5.56 Å². The third-order valence-corrected chi connectivity index (χ3v) is 6.95. The number of rotatable bonds is 4. The van der Waals surface area contributed by atoms with Crippen LogP contribution in [0, 0.1) is 0 Å². The van der Waals surface area contributed by atoms with E-state index >= 15 is 0 Å². The zero-order valence-electron chi connectivity index (χ0n) is 13.6. The molecule has 2 nitrogen and oxygen atoms in total. The number of hydrogen-bond donors (Lipinski definition) is 0. The molecule has 0 aliphatic carbocycles. The average Bonchev–Trinajstić information content (AvgIpc) is 2.63. The van der Waals surface area contributed by atoms with Gasteiger partial charge in [-0.25, -0.2) is 4.76 Å². The summed E-state index contributed by atoms with van der Waals surface area (Å²) in [4.78, 5) is 0. The molecule has 0 heterocycles. The summed E-state index contributed by atoms with van der Waals surface area (Å²) < 4.78 is 18.6. The SMILES string of the molecule is C/C(=N\P(=O)(c1ccccc1)c1ccccc1)c1ccc(Cl)cc1Cl. The molecule has 0 amide bonds. The fourth-order valence-electron chi connectivity index (χ4n) is 2.57. The fourth-order valence-corrected chi connectivity index (χ4v) is 5.33. The van der Waals surface area contributed by atoms with Crippen molar-refractivity contribution in [1.29, 1.82) is 0 Å². The number of halogens is 2. The Morgan fingerprint density at radius 2 is 1.36 bits per heavy atom. The van der Waals surface area contributed by atoms with Crippen LogP contribution in [0.25, 0.3) is 0 Å². The Balaban J connectivity index is 2.18. The Morgan fingerprint density at radius 3 is 1.84 bits per heavy atom. The monoisotopic (exact) mass is 387 g/mol. The fraction of sp³-hybridized carbons (Fsp3) is 0.0500. The van der Waals surface area contributed by atoms with Gasteiger partial charge in [-0.05, 0) is 43.3 Å². The minimum atomic E-state index is -3.18. The van der Waals surface area contributed by atoms with Crippen LogP contribution in [0.4, 0.5) is 0 Å². The maximum absolute atomic E-state index is 13.9. The summed E-state index contributed by atoms with van der Waals surface area (Å²) in [5, 5.41) is 2.41. The van der Waals surface area contributed by atoms with Crippen LogP contribution < -0.4 is 10.6 Å². The number of nitrogens with zero attached hydrogens (tertiary/aromatic N) is 1. The summed E-state index contributed by atoms with van der Waals surface area (Å²) in [6.45, 7) is 1.81. The van der Waals surface area contributed by atoms with E-state index in [1.807, 2.05) is 67.6 Å². The zero-order valence-corrected chi connectivity index (χ0v) is 16.0. The van der Waals surface area contributed by atoms with E-state index in [-0.39, 0.29) is 0 Å². The van der Waals surface area contributed by atoms with Gasteiger partial charge in [0, 0.05) is 26.9 Å². The van der Waals surface area contributed by atoms with Gasteiger partial charge in [0.25, 0.3) is 0 Å². The van der Waals surface area contributed by atoms with Crippen LogP contribution >= 0.6 is 30.5 Å². The molecule has 0 saturated carbocycles. The largest absolute Gasteiger partial charge is 0.288 e. The lowest BCUT2D eigenvalue weighted by Crippen LogP contribution is -2.15. The summed E-state index contributed by atoms with van der Waals surface area (Å²) in [6, 6.07) is 23.8. The quantitative estimate of drug-likeness (QED) is 0.415. The van der Waals surface area contributed by atoms with E-state index in [1.54, 1.807) is 18.2 Å². The van der Waals surface area contributed by atoms with E-state index in [0.29, 0.717) is 26.4 Å². The predicted molar refractivity (Wildman–Crippen MR) is 108 cm³/mol. The van der Waals surface area contributed by atoms with Crippen LogP contribution in [0.15, 0.2) is 83.6 Å². The first-order chi connectivity index (χ1) is 12.0. The first-order valence-electron chi connectivity index (χ1n) is 7.74. The Bertz CT molecular complexity index is 912. The molecule has 0 aliphatic heterocycles. The van der Waals surface area contributed by atoms with E-state index in [4.69, 9.17) is 23.2 Å². The highest BCUT2D eigenvalue weighted by Gasteiger charge is 2.27. The van der Waals surface area contributed by atoms with E-state index in [9.17, 15) is 4.57 Å². The second-order valence-corrected chi connectivity index (χ2v) is 8.79. The highest BCUT2D eigenvalue weighted by atomic mass is 35.5. The molecule has 5 heteroatoms. The topological polar surface area (TPSA) is 29.4 Å². The van der Waals surface area contributed by atoms with Crippen molar-refractivity contribution in [2.75, 3.05) is 0 Å². The van der Waals surface area contributed by atoms with Gasteiger partial charge in [-0.1, -0.05) is 65.7 Å². The molecule has 3 aromatic rings. The maximum Gasteiger partial charge on any atom is 0.247 e. The predicted octanol–water partition coefficient (Wildman–Crippen LogP) is 5.73. The molecule has 0 aromatic heterocycles. The molecule has 3 rings (SSSR count). The van der Waals surface area contributed by atoms with Crippen molar-refractivity contribution in [3.63, 3.8) is 0 Å². The van der Waals surface area contributed by atoms with Gasteiger partial charge in [-0.15, -0.1) is 0 Å². The van der Waals surface area contributed by atoms with Crippen molar-refractivity contribution >= 4 is 46.8 Å². The van der Waals surface area contributed by atoms with Crippen molar-refractivity contribution < 1.29 is 4.57 Å². The van der Waals surface area contributed by atoms with Crippen molar-refractivity contribution in [2.45, 2.75) is 6.92 Å². The van der Waals surface area contributed by atoms with E-state index < -0.39 is 7.29 Å². The van der Waals surface area contributed by atoms with E-state index in [1.165, 1.54) is 0 Å². The van der Waals surface area contributed by atoms with Crippen LogP contribution in [0.5, 0.6) is 0 Å². The first-order valence-corrected chi connectivity index (χ1v) is 10.2. The summed E-state index contributed by atoms with van der Waals surface area (Å²) in [5.74, 6) is 0. The van der Waals surface area contributed by atoms with Gasteiger partial charge in [0.15, 0.2) is 0 Å². The Kier molecular flexibility index (Phi) is 5.44. The average molecular weight is 388 g/mol. The molecule has 0 bridgehead atoms. The lowest BCUT2D eigenvalue weighted by Gasteiger charge is -2.16.